The summed E-state index contributed by atoms with van der Waals surface area (Å²) < 4.78 is 51.5. The molecule has 1 unspecified atom stereocenters. The molecule has 0 N–H and O–H groups in total. The summed E-state index contributed by atoms with van der Waals surface area (Å²) in [6, 6.07) is 8.37. The van der Waals surface area contributed by atoms with E-state index >= 15 is 0 Å². The minimum atomic E-state index is -4.74. The van der Waals surface area contributed by atoms with E-state index in [1.54, 1.807) is 6.07 Å². The summed E-state index contributed by atoms with van der Waals surface area (Å²) in [5, 5.41) is -0.757. The topological polar surface area (TPSA) is 0 Å². The second-order valence-corrected chi connectivity index (χ2v) is 5.40. The van der Waals surface area contributed by atoms with Crippen LogP contribution >= 0.6 is 11.6 Å². The number of hydrogen-bond donors (Lipinski definition) is 0. The quantitative estimate of drug-likeness (QED) is 0.486. The van der Waals surface area contributed by atoms with E-state index in [0.717, 1.165) is 23.3 Å². The van der Waals surface area contributed by atoms with Gasteiger partial charge in [-0.15, -0.1) is 11.6 Å². The number of benzene rings is 2. The average Bonchev–Trinajstić information content (AvgIpc) is 2.37. The average molecular weight is 317 g/mol. The summed E-state index contributed by atoms with van der Waals surface area (Å²) in [5.41, 5.74) is 1.55. The molecule has 0 saturated heterocycles. The fraction of sp³-hybridized carbons (Fsp3) is 0.250. The van der Waals surface area contributed by atoms with Gasteiger partial charge in [-0.1, -0.05) is 29.8 Å². The predicted molar refractivity (Wildman–Crippen MR) is 75.0 cm³/mol. The summed E-state index contributed by atoms with van der Waals surface area (Å²) in [6.45, 7) is 3.76. The van der Waals surface area contributed by atoms with Gasteiger partial charge in [-0.25, -0.2) is 4.39 Å². The molecule has 2 aromatic carbocycles. The summed E-state index contributed by atoms with van der Waals surface area (Å²) in [4.78, 5) is 0. The van der Waals surface area contributed by atoms with E-state index < -0.39 is 22.9 Å². The lowest BCUT2D eigenvalue weighted by Gasteiger charge is -2.16. The summed E-state index contributed by atoms with van der Waals surface area (Å²) in [6.07, 6.45) is -4.74. The minimum Gasteiger partial charge on any atom is -0.206 e. The van der Waals surface area contributed by atoms with E-state index in [9.17, 15) is 17.6 Å². The molecule has 0 bridgehead atoms. The summed E-state index contributed by atoms with van der Waals surface area (Å²) >= 11 is 6.27. The molecule has 1 atom stereocenters. The van der Waals surface area contributed by atoms with Crippen molar-refractivity contribution in [2.24, 2.45) is 0 Å². The Morgan fingerprint density at radius 1 is 1.00 bits per heavy atom. The zero-order chi connectivity index (χ0) is 15.8. The van der Waals surface area contributed by atoms with Crippen LogP contribution in [0.1, 0.15) is 33.2 Å². The van der Waals surface area contributed by atoms with Gasteiger partial charge in [-0.2, -0.15) is 13.2 Å². The van der Waals surface area contributed by atoms with E-state index in [2.05, 4.69) is 0 Å². The van der Waals surface area contributed by atoms with Crippen molar-refractivity contribution < 1.29 is 17.6 Å². The van der Waals surface area contributed by atoms with Gasteiger partial charge < -0.3 is 0 Å². The van der Waals surface area contributed by atoms with E-state index in [1.165, 1.54) is 6.07 Å². The van der Waals surface area contributed by atoms with Crippen LogP contribution < -0.4 is 0 Å². The molecular formula is C16H13ClF4. The molecule has 0 saturated carbocycles. The minimum absolute atomic E-state index is 0.220. The van der Waals surface area contributed by atoms with Gasteiger partial charge in [-0.05, 0) is 42.7 Å². The highest BCUT2D eigenvalue weighted by atomic mass is 35.5. The zero-order valence-corrected chi connectivity index (χ0v) is 12.2. The molecular weight excluding hydrogens is 304 g/mol. The normalized spacial score (nSPS) is 13.3. The Kier molecular flexibility index (Phi) is 4.28. The van der Waals surface area contributed by atoms with Crippen LogP contribution in [0, 0.1) is 19.7 Å². The van der Waals surface area contributed by atoms with E-state index in [-0.39, 0.29) is 5.56 Å². The second-order valence-electron chi connectivity index (χ2n) is 4.96. The molecule has 2 aromatic rings. The molecule has 0 radical (unpaired) electrons. The molecule has 0 aromatic heterocycles. The third kappa shape index (κ3) is 3.38. The van der Waals surface area contributed by atoms with Crippen molar-refractivity contribution >= 4 is 11.6 Å². The monoisotopic (exact) mass is 316 g/mol. The van der Waals surface area contributed by atoms with Crippen molar-refractivity contribution in [3.63, 3.8) is 0 Å². The first-order chi connectivity index (χ1) is 9.70. The highest BCUT2D eigenvalue weighted by Crippen LogP contribution is 2.37. The molecule has 0 aliphatic heterocycles. The van der Waals surface area contributed by atoms with Crippen molar-refractivity contribution in [3.8, 4) is 0 Å². The number of alkyl halides is 4. The Labute approximate surface area is 125 Å². The fourth-order valence-electron chi connectivity index (χ4n) is 2.21. The lowest BCUT2D eigenvalue weighted by atomic mass is 9.97. The molecule has 5 heteroatoms. The van der Waals surface area contributed by atoms with Gasteiger partial charge in [0.1, 0.15) is 5.82 Å². The largest absolute Gasteiger partial charge is 0.419 e. The molecule has 0 heterocycles. The van der Waals surface area contributed by atoms with Crippen LogP contribution in [-0.4, -0.2) is 0 Å². The molecule has 0 spiro atoms. The zero-order valence-electron chi connectivity index (χ0n) is 11.4. The molecule has 0 fully saturated rings. The first kappa shape index (κ1) is 15.8. The van der Waals surface area contributed by atoms with Crippen molar-refractivity contribution in [2.45, 2.75) is 25.4 Å². The molecule has 2 rings (SSSR count). The SMILES string of the molecule is Cc1ccc(C(Cl)c2ccc(F)c(C(F)(F)F)c2)c(C)c1. The Hall–Kier alpha value is -1.55. The summed E-state index contributed by atoms with van der Waals surface area (Å²) in [7, 11) is 0. The standard InChI is InChI=1S/C16H13ClF4/c1-9-3-5-12(10(2)7-9)15(17)11-4-6-14(18)13(8-11)16(19,20)21/h3-8,15H,1-2H3. The first-order valence-corrected chi connectivity index (χ1v) is 6.71. The van der Waals surface area contributed by atoms with Crippen LogP contribution in [0.5, 0.6) is 0 Å². The third-order valence-corrected chi connectivity index (χ3v) is 3.77. The molecule has 0 aliphatic rings. The lowest BCUT2D eigenvalue weighted by Crippen LogP contribution is -2.09. The molecule has 0 amide bonds. The van der Waals surface area contributed by atoms with Gasteiger partial charge in [-0.3, -0.25) is 0 Å². The Morgan fingerprint density at radius 2 is 1.67 bits per heavy atom. The maximum atomic E-state index is 13.3. The van der Waals surface area contributed by atoms with Gasteiger partial charge in [0.05, 0.1) is 10.9 Å². The maximum Gasteiger partial charge on any atom is 0.419 e. The molecule has 0 aliphatic carbocycles. The molecule has 0 nitrogen and oxygen atoms in total. The highest BCUT2D eigenvalue weighted by Gasteiger charge is 2.34. The van der Waals surface area contributed by atoms with E-state index in [0.29, 0.717) is 5.56 Å². The van der Waals surface area contributed by atoms with Gasteiger partial charge in [0.15, 0.2) is 0 Å². The first-order valence-electron chi connectivity index (χ1n) is 6.28. The van der Waals surface area contributed by atoms with Crippen molar-refractivity contribution in [2.75, 3.05) is 0 Å². The third-order valence-electron chi connectivity index (χ3n) is 3.29. The van der Waals surface area contributed by atoms with Crippen molar-refractivity contribution in [1.82, 2.24) is 0 Å². The number of rotatable bonds is 2. The second kappa shape index (κ2) is 5.68. The Bertz CT molecular complexity index is 662. The van der Waals surface area contributed by atoms with Crippen molar-refractivity contribution in [3.05, 3.63) is 70.0 Å². The van der Waals surface area contributed by atoms with Crippen LogP contribution in [-0.2, 0) is 6.18 Å². The van der Waals surface area contributed by atoms with E-state index in [1.807, 2.05) is 26.0 Å². The van der Waals surface area contributed by atoms with Gasteiger partial charge in [0, 0.05) is 0 Å². The van der Waals surface area contributed by atoms with Crippen LogP contribution in [0.2, 0.25) is 0 Å². The van der Waals surface area contributed by atoms with Gasteiger partial charge >= 0.3 is 6.18 Å². The molecule has 112 valence electrons. The number of aryl methyl sites for hydroxylation is 2. The van der Waals surface area contributed by atoms with Crippen LogP contribution in [0.25, 0.3) is 0 Å². The Morgan fingerprint density at radius 3 is 2.24 bits per heavy atom. The highest BCUT2D eigenvalue weighted by molar-refractivity contribution is 6.22. The Balaban J connectivity index is 2.46. The smallest absolute Gasteiger partial charge is 0.206 e. The molecule has 21 heavy (non-hydrogen) atoms. The van der Waals surface area contributed by atoms with Crippen molar-refractivity contribution in [1.29, 1.82) is 0 Å². The van der Waals surface area contributed by atoms with Crippen LogP contribution in [0.4, 0.5) is 17.6 Å². The summed E-state index contributed by atoms with van der Waals surface area (Å²) in [5.74, 6) is -1.30. The van der Waals surface area contributed by atoms with E-state index in [4.69, 9.17) is 11.6 Å². The maximum absolute atomic E-state index is 13.3. The van der Waals surface area contributed by atoms with Gasteiger partial charge in [0.2, 0.25) is 0 Å². The number of halogens is 5. The fourth-order valence-corrected chi connectivity index (χ4v) is 2.59. The predicted octanol–water partition coefficient (Wildman–Crippen LogP) is 5.79. The lowest BCUT2D eigenvalue weighted by molar-refractivity contribution is -0.140. The van der Waals surface area contributed by atoms with Crippen LogP contribution in [0.3, 0.4) is 0 Å². The number of hydrogen-bond acceptors (Lipinski definition) is 0. The van der Waals surface area contributed by atoms with Crippen LogP contribution in [0.15, 0.2) is 36.4 Å². The van der Waals surface area contributed by atoms with Gasteiger partial charge in [0.25, 0.3) is 0 Å².